The van der Waals surface area contributed by atoms with Gasteiger partial charge in [0, 0.05) is 33.8 Å². The van der Waals surface area contributed by atoms with Crippen molar-refractivity contribution in [3.05, 3.63) is 127 Å². The SMILES string of the molecule is Cl.Cl.NC1(c2ccc(-c3nc4cnc(-c5cnn(Cc6ccccc6)c5)cc4cc3-c3ccccc3)cc2)CCC1. The average Bonchev–Trinajstić information content (AvgIpc) is 3.44. The van der Waals surface area contributed by atoms with Gasteiger partial charge >= 0.3 is 0 Å². The molecule has 0 amide bonds. The van der Waals surface area contributed by atoms with Crippen LogP contribution < -0.4 is 5.73 Å². The summed E-state index contributed by atoms with van der Waals surface area (Å²) in [5.41, 5.74) is 15.8. The van der Waals surface area contributed by atoms with E-state index in [4.69, 9.17) is 15.7 Å². The van der Waals surface area contributed by atoms with Gasteiger partial charge in [-0.25, -0.2) is 4.98 Å². The van der Waals surface area contributed by atoms with E-state index in [0.29, 0.717) is 0 Å². The molecular formula is C34H31Cl2N5. The molecule has 3 heterocycles. The average molecular weight is 581 g/mol. The topological polar surface area (TPSA) is 69.6 Å². The number of halogens is 2. The third-order valence-electron chi connectivity index (χ3n) is 7.88. The predicted octanol–water partition coefficient (Wildman–Crippen LogP) is 8.06. The zero-order valence-electron chi connectivity index (χ0n) is 22.5. The summed E-state index contributed by atoms with van der Waals surface area (Å²) in [6, 6.07) is 33.8. The monoisotopic (exact) mass is 579 g/mol. The molecule has 0 bridgehead atoms. The third kappa shape index (κ3) is 5.62. The van der Waals surface area contributed by atoms with E-state index in [0.717, 1.165) is 63.9 Å². The van der Waals surface area contributed by atoms with Crippen molar-refractivity contribution >= 4 is 35.7 Å². The molecule has 1 aliphatic carbocycles. The van der Waals surface area contributed by atoms with Gasteiger partial charge in [0.05, 0.1) is 35.8 Å². The molecule has 41 heavy (non-hydrogen) atoms. The van der Waals surface area contributed by atoms with Crippen LogP contribution in [0.4, 0.5) is 0 Å². The van der Waals surface area contributed by atoms with Crippen molar-refractivity contribution in [2.45, 2.75) is 31.3 Å². The van der Waals surface area contributed by atoms with E-state index in [2.05, 4.69) is 84.1 Å². The van der Waals surface area contributed by atoms with Crippen LogP contribution in [0.3, 0.4) is 0 Å². The van der Waals surface area contributed by atoms with Crippen molar-refractivity contribution in [3.63, 3.8) is 0 Å². The minimum Gasteiger partial charge on any atom is -0.321 e. The van der Waals surface area contributed by atoms with Crippen molar-refractivity contribution in [2.75, 3.05) is 0 Å². The lowest BCUT2D eigenvalue weighted by atomic mass is 9.72. The van der Waals surface area contributed by atoms with Crippen molar-refractivity contribution in [1.82, 2.24) is 19.7 Å². The molecule has 5 nitrogen and oxygen atoms in total. The number of hydrogen-bond acceptors (Lipinski definition) is 4. The predicted molar refractivity (Wildman–Crippen MR) is 171 cm³/mol. The Labute approximate surface area is 252 Å². The molecule has 0 saturated heterocycles. The van der Waals surface area contributed by atoms with Crippen molar-refractivity contribution in [2.24, 2.45) is 5.73 Å². The zero-order valence-corrected chi connectivity index (χ0v) is 24.1. The minimum atomic E-state index is -0.174. The summed E-state index contributed by atoms with van der Waals surface area (Å²) in [7, 11) is 0. The second-order valence-corrected chi connectivity index (χ2v) is 10.5. The molecule has 1 fully saturated rings. The molecule has 0 unspecified atom stereocenters. The molecule has 6 aromatic rings. The fourth-order valence-corrected chi connectivity index (χ4v) is 5.45. The Balaban J connectivity index is 0.00000169. The molecule has 0 spiro atoms. The van der Waals surface area contributed by atoms with E-state index in [-0.39, 0.29) is 30.4 Å². The molecule has 0 radical (unpaired) electrons. The van der Waals surface area contributed by atoms with Gasteiger partial charge in [-0.1, -0.05) is 84.9 Å². The van der Waals surface area contributed by atoms with Gasteiger partial charge in [0.1, 0.15) is 0 Å². The van der Waals surface area contributed by atoms with Gasteiger partial charge in [-0.2, -0.15) is 5.10 Å². The lowest BCUT2D eigenvalue weighted by molar-refractivity contribution is 0.253. The number of pyridine rings is 2. The fourth-order valence-electron chi connectivity index (χ4n) is 5.45. The van der Waals surface area contributed by atoms with E-state index in [1.165, 1.54) is 17.5 Å². The van der Waals surface area contributed by atoms with Gasteiger partial charge in [-0.3, -0.25) is 9.67 Å². The summed E-state index contributed by atoms with van der Waals surface area (Å²) in [5, 5.41) is 5.62. The number of hydrogen-bond donors (Lipinski definition) is 1. The lowest BCUT2D eigenvalue weighted by Gasteiger charge is -2.38. The molecule has 0 atom stereocenters. The molecule has 206 valence electrons. The Morgan fingerprint density at radius 1 is 0.756 bits per heavy atom. The summed E-state index contributed by atoms with van der Waals surface area (Å²) >= 11 is 0. The zero-order chi connectivity index (χ0) is 26.2. The molecule has 3 aromatic carbocycles. The van der Waals surface area contributed by atoms with Gasteiger partial charge in [0.15, 0.2) is 0 Å². The van der Waals surface area contributed by atoms with Crippen LogP contribution in [-0.4, -0.2) is 19.7 Å². The van der Waals surface area contributed by atoms with Crippen molar-refractivity contribution < 1.29 is 0 Å². The third-order valence-corrected chi connectivity index (χ3v) is 7.88. The lowest BCUT2D eigenvalue weighted by Crippen LogP contribution is -2.43. The van der Waals surface area contributed by atoms with Crippen LogP contribution in [-0.2, 0) is 12.1 Å². The highest BCUT2D eigenvalue weighted by Gasteiger charge is 2.34. The molecule has 7 heteroatoms. The molecule has 2 N–H and O–H groups in total. The maximum Gasteiger partial charge on any atom is 0.0893 e. The normalized spacial score (nSPS) is 13.6. The first-order valence-corrected chi connectivity index (χ1v) is 13.5. The van der Waals surface area contributed by atoms with Crippen LogP contribution in [0, 0.1) is 0 Å². The van der Waals surface area contributed by atoms with Gasteiger partial charge < -0.3 is 5.73 Å². The highest BCUT2D eigenvalue weighted by Crippen LogP contribution is 2.40. The summed E-state index contributed by atoms with van der Waals surface area (Å²) < 4.78 is 1.95. The van der Waals surface area contributed by atoms with E-state index < -0.39 is 0 Å². The summed E-state index contributed by atoms with van der Waals surface area (Å²) in [4.78, 5) is 9.90. The summed E-state index contributed by atoms with van der Waals surface area (Å²) in [6.07, 6.45) is 9.10. The van der Waals surface area contributed by atoms with Crippen molar-refractivity contribution in [3.8, 4) is 33.6 Å². The molecule has 7 rings (SSSR count). The number of aromatic nitrogens is 4. The Kier molecular flexibility index (Phi) is 8.22. The first-order valence-electron chi connectivity index (χ1n) is 13.5. The quantitative estimate of drug-likeness (QED) is 0.216. The van der Waals surface area contributed by atoms with Crippen LogP contribution in [0.25, 0.3) is 44.5 Å². The van der Waals surface area contributed by atoms with Crippen LogP contribution in [0.2, 0.25) is 0 Å². The second kappa shape index (κ2) is 11.8. The van der Waals surface area contributed by atoms with Crippen LogP contribution in [0.1, 0.15) is 30.4 Å². The standard InChI is InChI=1S/C34H29N5.2ClH/c35-34(16-7-17-34)29-14-12-26(13-15-29)33-30(25-10-5-2-6-11-25)18-27-19-31(36-21-32(27)38-33)28-20-37-39(23-28)22-24-8-3-1-4-9-24;;/h1-6,8-15,18-21,23H,7,16-17,22,35H2;2*1H. The second-order valence-electron chi connectivity index (χ2n) is 10.5. The van der Waals surface area contributed by atoms with Crippen LogP contribution in [0.15, 0.2) is 116 Å². The van der Waals surface area contributed by atoms with Gasteiger partial charge in [-0.15, -0.1) is 24.8 Å². The molecule has 0 aliphatic heterocycles. The van der Waals surface area contributed by atoms with Gasteiger partial charge in [0.2, 0.25) is 0 Å². The Morgan fingerprint density at radius 3 is 2.15 bits per heavy atom. The largest absolute Gasteiger partial charge is 0.321 e. The molecular weight excluding hydrogens is 549 g/mol. The van der Waals surface area contributed by atoms with E-state index in [1.54, 1.807) is 0 Å². The molecule has 1 saturated carbocycles. The minimum absolute atomic E-state index is 0. The maximum absolute atomic E-state index is 6.58. The maximum atomic E-state index is 6.58. The fraction of sp³-hybridized carbons (Fsp3) is 0.147. The molecule has 3 aromatic heterocycles. The number of rotatable bonds is 6. The summed E-state index contributed by atoms with van der Waals surface area (Å²) in [6.45, 7) is 0.724. The number of benzene rings is 3. The van der Waals surface area contributed by atoms with Crippen LogP contribution in [0.5, 0.6) is 0 Å². The van der Waals surface area contributed by atoms with Gasteiger partial charge in [-0.05, 0) is 48.1 Å². The van der Waals surface area contributed by atoms with Gasteiger partial charge in [0.25, 0.3) is 0 Å². The Bertz CT molecular complexity index is 1760. The highest BCUT2D eigenvalue weighted by atomic mass is 35.5. The summed E-state index contributed by atoms with van der Waals surface area (Å²) in [5.74, 6) is 0. The number of nitrogens with two attached hydrogens (primary N) is 1. The smallest absolute Gasteiger partial charge is 0.0893 e. The van der Waals surface area contributed by atoms with Crippen LogP contribution >= 0.6 is 24.8 Å². The first-order chi connectivity index (χ1) is 19.1. The highest BCUT2D eigenvalue weighted by molar-refractivity contribution is 5.92. The first kappa shape index (κ1) is 28.5. The Morgan fingerprint density at radius 2 is 1.46 bits per heavy atom. The number of fused-ring (bicyclic) bond motifs is 1. The van der Waals surface area contributed by atoms with Crippen molar-refractivity contribution in [1.29, 1.82) is 0 Å². The number of nitrogens with zero attached hydrogens (tertiary/aromatic N) is 4. The Hall–Kier alpha value is -4.03. The van der Waals surface area contributed by atoms with E-state index in [1.807, 2.05) is 41.3 Å². The van der Waals surface area contributed by atoms with E-state index in [9.17, 15) is 0 Å². The molecule has 1 aliphatic rings. The van der Waals surface area contributed by atoms with E-state index >= 15 is 0 Å².